The van der Waals surface area contributed by atoms with Crippen molar-refractivity contribution in [3.05, 3.63) is 58.8 Å². The second kappa shape index (κ2) is 12.2. The molecule has 2 aliphatic heterocycles. The fourth-order valence-electron chi connectivity index (χ4n) is 5.39. The summed E-state index contributed by atoms with van der Waals surface area (Å²) in [7, 11) is 3.66. The van der Waals surface area contributed by atoms with Gasteiger partial charge in [0.25, 0.3) is 0 Å². The summed E-state index contributed by atoms with van der Waals surface area (Å²) < 4.78 is 20.1. The first kappa shape index (κ1) is 27.8. The molecular formula is C29H34ClFN6O3. The Hall–Kier alpha value is -3.79. The molecule has 3 aromatic rings. The van der Waals surface area contributed by atoms with Crippen LogP contribution in [-0.2, 0) is 9.53 Å². The molecule has 2 bridgehead atoms. The number of benzene rings is 2. The number of hydrogen-bond acceptors (Lipinski definition) is 6. The van der Waals surface area contributed by atoms with Crippen LogP contribution in [0.3, 0.4) is 0 Å². The highest BCUT2D eigenvalue weighted by molar-refractivity contribution is 6.31. The highest BCUT2D eigenvalue weighted by Gasteiger charge is 2.31. The third kappa shape index (κ3) is 5.86. The van der Waals surface area contributed by atoms with Crippen molar-refractivity contribution in [1.82, 2.24) is 14.9 Å². The number of carbonyl (C=O) groups excluding carboxylic acids is 2. The molecule has 2 amide bonds. The van der Waals surface area contributed by atoms with Crippen LogP contribution >= 0.6 is 11.6 Å². The van der Waals surface area contributed by atoms with E-state index in [1.54, 1.807) is 24.2 Å². The molecule has 4 N–H and O–H groups in total. The molecule has 0 aliphatic carbocycles. The number of aromatic amines is 1. The van der Waals surface area contributed by atoms with Gasteiger partial charge in [-0.05, 0) is 56.0 Å². The number of carbonyl (C=O) groups is 2. The second-order valence-electron chi connectivity index (χ2n) is 10.3. The van der Waals surface area contributed by atoms with Gasteiger partial charge in [-0.1, -0.05) is 24.4 Å². The van der Waals surface area contributed by atoms with Crippen molar-refractivity contribution in [3.63, 3.8) is 0 Å². The number of amides is 2. The molecule has 11 heteroatoms. The number of aromatic nitrogens is 2. The maximum Gasteiger partial charge on any atom is 0.412 e. The monoisotopic (exact) mass is 568 g/mol. The molecule has 2 aliphatic rings. The van der Waals surface area contributed by atoms with Crippen molar-refractivity contribution in [2.24, 2.45) is 0 Å². The van der Waals surface area contributed by atoms with Crippen molar-refractivity contribution in [3.8, 4) is 11.3 Å². The molecule has 0 fully saturated rings. The standard InChI is InChI=1S/C29H34ClFN6O3/c1-32-17-9-10-18-22(15-17)33-13-5-3-4-7-19(27-34-16-23(18)35-27)28(38)37(2)14-6-8-24-25-21(36-29(39)40-24)12-11-20(30)26(25)31/h9-12,15-16,19,24,32-33H,3-8,13-14H2,1-2H3,(H,34,35)(H,36,39). The number of cyclic esters (lactones) is 1. The van der Waals surface area contributed by atoms with E-state index >= 15 is 0 Å². The molecule has 9 nitrogen and oxygen atoms in total. The number of rotatable bonds is 6. The minimum absolute atomic E-state index is 0.0289. The fraction of sp³-hybridized carbons (Fsp3) is 0.414. The highest BCUT2D eigenvalue weighted by atomic mass is 35.5. The highest BCUT2D eigenvalue weighted by Crippen LogP contribution is 2.38. The number of nitrogens with zero attached hydrogens (tertiary/aromatic N) is 2. The molecule has 0 saturated heterocycles. The van der Waals surface area contributed by atoms with Crippen LogP contribution < -0.4 is 16.0 Å². The zero-order chi connectivity index (χ0) is 28.2. The summed E-state index contributed by atoms with van der Waals surface area (Å²) in [6, 6.07) is 9.11. The molecule has 0 saturated carbocycles. The number of imidazole rings is 1. The van der Waals surface area contributed by atoms with E-state index in [4.69, 9.17) is 16.3 Å². The molecule has 1 aromatic heterocycles. The van der Waals surface area contributed by atoms with Gasteiger partial charge < -0.3 is 25.3 Å². The van der Waals surface area contributed by atoms with Crippen LogP contribution in [-0.4, -0.2) is 54.1 Å². The summed E-state index contributed by atoms with van der Waals surface area (Å²) in [4.78, 5) is 35.4. The quantitative estimate of drug-likeness (QED) is 0.269. The van der Waals surface area contributed by atoms with Crippen LogP contribution in [0.25, 0.3) is 11.3 Å². The normalized spacial score (nSPS) is 18.6. The molecular weight excluding hydrogens is 535 g/mol. The minimum atomic E-state index is -0.781. The largest absolute Gasteiger partial charge is 0.441 e. The van der Waals surface area contributed by atoms with E-state index in [2.05, 4.69) is 32.0 Å². The van der Waals surface area contributed by atoms with Gasteiger partial charge in [0, 0.05) is 44.1 Å². The van der Waals surface area contributed by atoms with Gasteiger partial charge in [0.15, 0.2) is 5.82 Å². The number of likely N-dealkylation sites (N-methyl/N-ethyl adjacent to an activating group) is 1. The lowest BCUT2D eigenvalue weighted by atomic mass is 9.97. The maximum absolute atomic E-state index is 14.8. The smallest absolute Gasteiger partial charge is 0.412 e. The zero-order valence-electron chi connectivity index (χ0n) is 22.7. The molecule has 3 heterocycles. The number of hydrogen-bond donors (Lipinski definition) is 4. The lowest BCUT2D eigenvalue weighted by molar-refractivity contribution is -0.132. The predicted molar refractivity (Wildman–Crippen MR) is 154 cm³/mol. The molecule has 212 valence electrons. The Labute approximate surface area is 237 Å². The average molecular weight is 569 g/mol. The zero-order valence-corrected chi connectivity index (χ0v) is 23.4. The van der Waals surface area contributed by atoms with Gasteiger partial charge in [0.2, 0.25) is 5.91 Å². The maximum atomic E-state index is 14.8. The molecule has 2 atom stereocenters. The van der Waals surface area contributed by atoms with Crippen LogP contribution in [0.15, 0.2) is 36.5 Å². The topological polar surface area (TPSA) is 111 Å². The predicted octanol–water partition coefficient (Wildman–Crippen LogP) is 6.52. The molecule has 0 radical (unpaired) electrons. The lowest BCUT2D eigenvalue weighted by Gasteiger charge is -2.28. The summed E-state index contributed by atoms with van der Waals surface area (Å²) in [5.41, 5.74) is 4.48. The van der Waals surface area contributed by atoms with Crippen LogP contribution in [0.5, 0.6) is 0 Å². The van der Waals surface area contributed by atoms with Gasteiger partial charge in [-0.3, -0.25) is 10.1 Å². The van der Waals surface area contributed by atoms with Crippen LogP contribution in [0.1, 0.15) is 61.9 Å². The van der Waals surface area contributed by atoms with E-state index in [1.807, 2.05) is 19.2 Å². The summed E-state index contributed by atoms with van der Waals surface area (Å²) >= 11 is 5.97. The molecule has 0 spiro atoms. The Morgan fingerprint density at radius 1 is 1.23 bits per heavy atom. The molecule has 40 heavy (non-hydrogen) atoms. The van der Waals surface area contributed by atoms with Crippen molar-refractivity contribution < 1.29 is 18.7 Å². The van der Waals surface area contributed by atoms with E-state index in [0.717, 1.165) is 48.4 Å². The van der Waals surface area contributed by atoms with E-state index < -0.39 is 23.9 Å². The second-order valence-corrected chi connectivity index (χ2v) is 10.7. The Kier molecular flexibility index (Phi) is 8.44. The minimum Gasteiger partial charge on any atom is -0.441 e. The molecule has 2 unspecified atom stereocenters. The Balaban J connectivity index is 1.29. The van der Waals surface area contributed by atoms with E-state index in [-0.39, 0.29) is 16.5 Å². The number of ether oxygens (including phenoxy) is 1. The Morgan fingerprint density at radius 3 is 2.90 bits per heavy atom. The fourth-order valence-corrected chi connectivity index (χ4v) is 5.56. The van der Waals surface area contributed by atoms with E-state index in [9.17, 15) is 14.0 Å². The number of anilines is 3. The van der Waals surface area contributed by atoms with Crippen LogP contribution in [0, 0.1) is 5.82 Å². The summed E-state index contributed by atoms with van der Waals surface area (Å²) in [5.74, 6) is -0.387. The van der Waals surface area contributed by atoms with Gasteiger partial charge in [0.1, 0.15) is 11.9 Å². The van der Waals surface area contributed by atoms with Crippen LogP contribution in [0.2, 0.25) is 5.02 Å². The summed E-state index contributed by atoms with van der Waals surface area (Å²) in [6.07, 6.45) is 4.80. The Bertz CT molecular complexity index is 1400. The van der Waals surface area contributed by atoms with E-state index in [0.29, 0.717) is 37.3 Å². The SMILES string of the molecule is CNc1ccc2c(c1)NCCCCCC(C(=O)N(C)CCCC1OC(=O)Nc3ccc(Cl)c(F)c31)c1ncc-2[nH]1. The first-order chi connectivity index (χ1) is 19.4. The van der Waals surface area contributed by atoms with Gasteiger partial charge in [-0.25, -0.2) is 14.2 Å². The number of halogens is 2. The first-order valence-electron chi connectivity index (χ1n) is 13.7. The van der Waals surface area contributed by atoms with Crippen molar-refractivity contribution in [2.45, 2.75) is 50.5 Å². The average Bonchev–Trinajstić information content (AvgIpc) is 3.43. The van der Waals surface area contributed by atoms with Gasteiger partial charge in [0.05, 0.1) is 34.1 Å². The van der Waals surface area contributed by atoms with Gasteiger partial charge in [-0.15, -0.1) is 0 Å². The van der Waals surface area contributed by atoms with Crippen LogP contribution in [0.4, 0.5) is 26.2 Å². The lowest BCUT2D eigenvalue weighted by Crippen LogP contribution is -2.33. The van der Waals surface area contributed by atoms with Crippen molar-refractivity contribution in [2.75, 3.05) is 43.1 Å². The van der Waals surface area contributed by atoms with Crippen molar-refractivity contribution >= 4 is 40.7 Å². The molecule has 2 aromatic carbocycles. The number of H-pyrrole nitrogens is 1. The molecule has 5 rings (SSSR count). The summed E-state index contributed by atoms with van der Waals surface area (Å²) in [5, 5.41) is 9.21. The van der Waals surface area contributed by atoms with Gasteiger partial charge in [-0.2, -0.15) is 0 Å². The Morgan fingerprint density at radius 2 is 2.08 bits per heavy atom. The van der Waals surface area contributed by atoms with Crippen molar-refractivity contribution in [1.29, 1.82) is 0 Å². The van der Waals surface area contributed by atoms with Gasteiger partial charge >= 0.3 is 6.09 Å². The first-order valence-corrected chi connectivity index (χ1v) is 14.0. The van der Waals surface area contributed by atoms with E-state index in [1.165, 1.54) is 6.07 Å². The number of nitrogens with one attached hydrogen (secondary N) is 4. The summed E-state index contributed by atoms with van der Waals surface area (Å²) in [6.45, 7) is 1.26. The third-order valence-corrected chi connectivity index (χ3v) is 7.88. The third-order valence-electron chi connectivity index (χ3n) is 7.58. The number of fused-ring (bicyclic) bond motifs is 5.